The Hall–Kier alpha value is 0.580. The van der Waals surface area contributed by atoms with Gasteiger partial charge in [0.2, 0.25) is 0 Å². The molecule has 0 saturated carbocycles. The molecule has 0 radical (unpaired) electrons. The largest absolute Gasteiger partial charge is 0.497 e. The van der Waals surface area contributed by atoms with Crippen LogP contribution in [-0.4, -0.2) is 7.11 Å². The topological polar surface area (TPSA) is 9.23 Å². The zero-order valence-electron chi connectivity index (χ0n) is 6.48. The third-order valence-corrected chi connectivity index (χ3v) is 17.8. The lowest BCUT2D eigenvalue weighted by atomic mass is 10.3. The van der Waals surface area contributed by atoms with Gasteiger partial charge in [-0.25, -0.2) is 0 Å². The van der Waals surface area contributed by atoms with Crippen molar-refractivity contribution in [1.82, 2.24) is 0 Å². The lowest BCUT2D eigenvalue weighted by Crippen LogP contribution is -1.96. The van der Waals surface area contributed by atoms with Crippen molar-refractivity contribution < 1.29 is 4.74 Å². The van der Waals surface area contributed by atoms with Crippen LogP contribution in [-0.2, 0) is 0 Å². The van der Waals surface area contributed by atoms with Crippen molar-refractivity contribution in [3.63, 3.8) is 0 Å². The fourth-order valence-corrected chi connectivity index (χ4v) is 10.6. The van der Waals surface area contributed by atoms with Gasteiger partial charge in [-0.05, 0) is 37.0 Å². The second-order valence-corrected chi connectivity index (χ2v) is 13.2. The first-order valence-corrected chi connectivity index (χ1v) is 10.1. The van der Waals surface area contributed by atoms with E-state index in [-0.39, 0.29) is 6.81 Å². The van der Waals surface area contributed by atoms with Gasteiger partial charge in [-0.3, -0.25) is 0 Å². The standard InChI is InChI=1S/C7H8OP2S2/c1-8-6-2-4-7(5-3-6)10-9-11-12-10/h2-5,9H,1H3. The number of hydrogen-bond donors (Lipinski definition) is 0. The second kappa shape index (κ2) is 4.19. The summed E-state index contributed by atoms with van der Waals surface area (Å²) in [5, 5.41) is 1.49. The first-order chi connectivity index (χ1) is 5.90. The Bertz CT molecular complexity index is 261. The Morgan fingerprint density at radius 2 is 2.00 bits per heavy atom. The van der Waals surface area contributed by atoms with Gasteiger partial charge >= 0.3 is 0 Å². The SMILES string of the molecule is COc1ccc(P2PSS2)cc1. The van der Waals surface area contributed by atoms with Crippen molar-refractivity contribution in [2.24, 2.45) is 0 Å². The molecule has 1 aromatic carbocycles. The van der Waals surface area contributed by atoms with E-state index in [1.54, 1.807) is 7.11 Å². The highest BCUT2D eigenvalue weighted by Crippen LogP contribution is 2.87. The molecule has 5 heteroatoms. The quantitative estimate of drug-likeness (QED) is 0.571. The molecule has 1 saturated heterocycles. The third kappa shape index (κ3) is 1.90. The lowest BCUT2D eigenvalue weighted by molar-refractivity contribution is 0.415. The predicted octanol–water partition coefficient (Wildman–Crippen LogP) is 3.62. The minimum absolute atomic E-state index is 0.142. The highest BCUT2D eigenvalue weighted by molar-refractivity contribution is 9.35. The van der Waals surface area contributed by atoms with E-state index in [1.165, 1.54) is 5.30 Å². The van der Waals surface area contributed by atoms with Crippen LogP contribution < -0.4 is 10.0 Å². The van der Waals surface area contributed by atoms with Crippen LogP contribution >= 0.6 is 35.1 Å². The lowest BCUT2D eigenvalue weighted by Gasteiger charge is -2.23. The summed E-state index contributed by atoms with van der Waals surface area (Å²) in [4.78, 5) is 0. The summed E-state index contributed by atoms with van der Waals surface area (Å²) < 4.78 is 5.10. The summed E-state index contributed by atoms with van der Waals surface area (Å²) in [7, 11) is 6.81. The molecule has 2 unspecified atom stereocenters. The van der Waals surface area contributed by atoms with Crippen LogP contribution in [0.3, 0.4) is 0 Å². The average Bonchev–Trinajstić information content (AvgIpc) is 2.03. The molecule has 1 aromatic rings. The van der Waals surface area contributed by atoms with E-state index in [2.05, 4.69) is 12.1 Å². The number of methoxy groups -OCH3 is 1. The molecule has 0 aliphatic carbocycles. The maximum atomic E-state index is 5.10. The Balaban J connectivity index is 2.13. The fraction of sp³-hybridized carbons (Fsp3) is 0.143. The van der Waals surface area contributed by atoms with Crippen LogP contribution in [0.5, 0.6) is 5.75 Å². The number of hydrogen-bond acceptors (Lipinski definition) is 3. The van der Waals surface area contributed by atoms with Gasteiger partial charge in [0.15, 0.2) is 0 Å². The van der Waals surface area contributed by atoms with Gasteiger partial charge in [0.05, 0.1) is 7.11 Å². The summed E-state index contributed by atoms with van der Waals surface area (Å²) in [6.07, 6.45) is 0. The van der Waals surface area contributed by atoms with Crippen molar-refractivity contribution in [2.75, 3.05) is 7.11 Å². The van der Waals surface area contributed by atoms with Crippen LogP contribution in [0.15, 0.2) is 24.3 Å². The number of ether oxygens (including phenoxy) is 1. The van der Waals surface area contributed by atoms with Crippen LogP contribution in [0, 0.1) is 0 Å². The van der Waals surface area contributed by atoms with Gasteiger partial charge in [-0.2, -0.15) is 0 Å². The Kier molecular flexibility index (Phi) is 3.20. The molecule has 1 heterocycles. The predicted molar refractivity (Wildman–Crippen MR) is 63.0 cm³/mol. The number of benzene rings is 1. The molecule has 0 aromatic heterocycles. The zero-order chi connectivity index (χ0) is 8.39. The Labute approximate surface area is 82.4 Å². The molecule has 0 bridgehead atoms. The zero-order valence-corrected chi connectivity index (χ0v) is 10.0. The molecule has 64 valence electrons. The number of rotatable bonds is 2. The summed E-state index contributed by atoms with van der Waals surface area (Å²) in [6.45, 7) is 0.142. The molecule has 2 rings (SSSR count). The third-order valence-electron chi connectivity index (χ3n) is 1.54. The monoisotopic (exact) mass is 234 g/mol. The molecule has 1 aliphatic rings. The van der Waals surface area contributed by atoms with Gasteiger partial charge < -0.3 is 4.74 Å². The molecule has 12 heavy (non-hydrogen) atoms. The molecular weight excluding hydrogens is 226 g/mol. The van der Waals surface area contributed by atoms with Gasteiger partial charge in [-0.1, -0.05) is 20.8 Å². The van der Waals surface area contributed by atoms with E-state index in [9.17, 15) is 0 Å². The summed E-state index contributed by atoms with van der Waals surface area (Å²) in [5.41, 5.74) is 0. The minimum atomic E-state index is 0.142. The van der Waals surface area contributed by atoms with E-state index >= 15 is 0 Å². The Morgan fingerprint density at radius 3 is 2.42 bits per heavy atom. The van der Waals surface area contributed by atoms with E-state index in [0.29, 0.717) is 0 Å². The van der Waals surface area contributed by atoms with Crippen molar-refractivity contribution in [3.8, 4) is 5.75 Å². The smallest absolute Gasteiger partial charge is 0.118 e. The maximum Gasteiger partial charge on any atom is 0.118 e. The van der Waals surface area contributed by atoms with Crippen molar-refractivity contribution in [2.45, 2.75) is 0 Å². The van der Waals surface area contributed by atoms with Gasteiger partial charge in [0.1, 0.15) is 5.75 Å². The van der Waals surface area contributed by atoms with Crippen LogP contribution in [0.2, 0.25) is 0 Å². The van der Waals surface area contributed by atoms with E-state index in [4.69, 9.17) is 4.74 Å². The molecule has 0 amide bonds. The van der Waals surface area contributed by atoms with Crippen LogP contribution in [0.25, 0.3) is 0 Å². The molecule has 0 spiro atoms. The van der Waals surface area contributed by atoms with Gasteiger partial charge in [-0.15, -0.1) is 0 Å². The van der Waals surface area contributed by atoms with Crippen molar-refractivity contribution in [1.29, 1.82) is 0 Å². The second-order valence-electron chi connectivity index (χ2n) is 2.24. The highest BCUT2D eigenvalue weighted by Gasteiger charge is 2.21. The van der Waals surface area contributed by atoms with Crippen molar-refractivity contribution in [3.05, 3.63) is 24.3 Å². The fourth-order valence-electron chi connectivity index (χ4n) is 0.888. The summed E-state index contributed by atoms with van der Waals surface area (Å²) in [6, 6.07) is 8.46. The average molecular weight is 234 g/mol. The molecule has 0 N–H and O–H groups in total. The maximum absolute atomic E-state index is 5.10. The van der Waals surface area contributed by atoms with Crippen LogP contribution in [0.1, 0.15) is 0 Å². The molecular formula is C7H8OP2S2. The van der Waals surface area contributed by atoms with Gasteiger partial charge in [0, 0.05) is 6.81 Å². The molecule has 1 nitrogen and oxygen atoms in total. The van der Waals surface area contributed by atoms with Gasteiger partial charge in [0.25, 0.3) is 0 Å². The molecule has 1 aliphatic heterocycles. The first kappa shape index (κ1) is 9.15. The summed E-state index contributed by atoms with van der Waals surface area (Å²) >= 11 is 0. The van der Waals surface area contributed by atoms with E-state index < -0.39 is 0 Å². The van der Waals surface area contributed by atoms with E-state index in [1.807, 2.05) is 33.0 Å². The highest BCUT2D eigenvalue weighted by atomic mass is 33.7. The molecule has 1 fully saturated rings. The first-order valence-electron chi connectivity index (χ1n) is 3.43. The van der Waals surface area contributed by atoms with Crippen molar-refractivity contribution >= 4 is 40.4 Å². The van der Waals surface area contributed by atoms with Crippen LogP contribution in [0.4, 0.5) is 0 Å². The van der Waals surface area contributed by atoms with E-state index in [0.717, 1.165) is 13.2 Å². The summed E-state index contributed by atoms with van der Waals surface area (Å²) in [5.74, 6) is 0.954. The normalized spacial score (nSPS) is 23.6. The minimum Gasteiger partial charge on any atom is -0.497 e. The Morgan fingerprint density at radius 1 is 1.33 bits per heavy atom. The molecule has 2 atom stereocenters.